The number of hydrogen-bond acceptors (Lipinski definition) is 2. The Hall–Kier alpha value is -2.20. The molecule has 2 heterocycles. The fraction of sp³-hybridized carbons (Fsp3) is 0.381. The maximum atomic E-state index is 14.1. The van der Waals surface area contributed by atoms with E-state index in [2.05, 4.69) is 11.4 Å². The van der Waals surface area contributed by atoms with Gasteiger partial charge in [0.05, 0.1) is 5.54 Å². The van der Waals surface area contributed by atoms with E-state index in [1.807, 2.05) is 36.2 Å². The number of carbonyl (C=O) groups is 1. The molecule has 2 atom stereocenters. The van der Waals surface area contributed by atoms with Gasteiger partial charge in [-0.2, -0.15) is 0 Å². The predicted molar refractivity (Wildman–Crippen MR) is 96.5 cm³/mol. The molecular formula is C21H23FN2O. The lowest BCUT2D eigenvalue weighted by molar-refractivity contribution is -0.139. The van der Waals surface area contributed by atoms with Crippen molar-refractivity contribution in [2.75, 3.05) is 13.6 Å². The van der Waals surface area contributed by atoms with Crippen LogP contribution in [-0.2, 0) is 4.79 Å². The zero-order chi connectivity index (χ0) is 17.4. The van der Waals surface area contributed by atoms with Gasteiger partial charge in [-0.15, -0.1) is 0 Å². The van der Waals surface area contributed by atoms with E-state index >= 15 is 0 Å². The van der Waals surface area contributed by atoms with Crippen LogP contribution in [0.4, 0.5) is 4.39 Å². The summed E-state index contributed by atoms with van der Waals surface area (Å²) in [6, 6.07) is 15.0. The van der Waals surface area contributed by atoms with Crippen molar-refractivity contribution in [2.24, 2.45) is 0 Å². The number of nitrogens with one attached hydrogen (secondary N) is 1. The van der Waals surface area contributed by atoms with E-state index in [0.29, 0.717) is 5.56 Å². The quantitative estimate of drug-likeness (QED) is 0.900. The maximum Gasteiger partial charge on any atom is 0.242 e. The van der Waals surface area contributed by atoms with E-state index in [9.17, 15) is 9.18 Å². The van der Waals surface area contributed by atoms with Crippen LogP contribution in [0.3, 0.4) is 0 Å². The van der Waals surface area contributed by atoms with Gasteiger partial charge in [-0.3, -0.25) is 10.1 Å². The van der Waals surface area contributed by atoms with Crippen molar-refractivity contribution < 1.29 is 9.18 Å². The molecule has 2 aliphatic heterocycles. The van der Waals surface area contributed by atoms with E-state index in [-0.39, 0.29) is 17.8 Å². The number of hydrogen-bond donors (Lipinski definition) is 1. The summed E-state index contributed by atoms with van der Waals surface area (Å²) in [4.78, 5) is 14.5. The summed E-state index contributed by atoms with van der Waals surface area (Å²) in [5.41, 5.74) is 2.21. The van der Waals surface area contributed by atoms with E-state index in [4.69, 9.17) is 0 Å². The smallest absolute Gasteiger partial charge is 0.242 e. The summed E-state index contributed by atoms with van der Waals surface area (Å²) in [5.74, 6) is 0.00564. The summed E-state index contributed by atoms with van der Waals surface area (Å²) >= 11 is 0. The normalized spacial score (nSPS) is 26.4. The third-order valence-corrected chi connectivity index (χ3v) is 5.64. The standard InChI is InChI=1S/C21H23FN2O/c1-24-13-5-11-21(20(24)25)12-10-19(23-21)16-7-4-6-15(14-16)17-8-2-3-9-18(17)22/h2-4,6-9,14,19,23H,5,10-13H2,1H3/t19-,21-/m1/s1. The molecule has 2 fully saturated rings. The zero-order valence-electron chi connectivity index (χ0n) is 14.5. The molecular weight excluding hydrogens is 315 g/mol. The first kappa shape index (κ1) is 16.3. The molecule has 3 nitrogen and oxygen atoms in total. The molecule has 0 bridgehead atoms. The van der Waals surface area contributed by atoms with Crippen molar-refractivity contribution in [2.45, 2.75) is 37.3 Å². The highest BCUT2D eigenvalue weighted by Gasteiger charge is 2.47. The average molecular weight is 338 g/mol. The zero-order valence-corrected chi connectivity index (χ0v) is 14.5. The number of halogens is 1. The van der Waals surface area contributed by atoms with Crippen LogP contribution in [0.5, 0.6) is 0 Å². The molecule has 2 aromatic rings. The highest BCUT2D eigenvalue weighted by Crippen LogP contribution is 2.39. The number of likely N-dealkylation sites (tertiary alicyclic amines) is 1. The van der Waals surface area contributed by atoms with Crippen molar-refractivity contribution >= 4 is 5.91 Å². The molecule has 2 aromatic carbocycles. The lowest BCUT2D eigenvalue weighted by Crippen LogP contribution is -2.57. The highest BCUT2D eigenvalue weighted by molar-refractivity contribution is 5.87. The molecule has 1 spiro atoms. The Morgan fingerprint density at radius 3 is 2.84 bits per heavy atom. The Morgan fingerprint density at radius 1 is 1.16 bits per heavy atom. The Morgan fingerprint density at radius 2 is 2.00 bits per heavy atom. The lowest BCUT2D eigenvalue weighted by atomic mass is 9.87. The Bertz CT molecular complexity index is 806. The lowest BCUT2D eigenvalue weighted by Gasteiger charge is -2.38. The average Bonchev–Trinajstić information content (AvgIpc) is 3.05. The van der Waals surface area contributed by atoms with Crippen LogP contribution in [0.25, 0.3) is 11.1 Å². The van der Waals surface area contributed by atoms with Crippen LogP contribution in [-0.4, -0.2) is 29.9 Å². The van der Waals surface area contributed by atoms with Gasteiger partial charge in [0.1, 0.15) is 5.82 Å². The third-order valence-electron chi connectivity index (χ3n) is 5.64. The van der Waals surface area contributed by atoms with Crippen molar-refractivity contribution in [1.82, 2.24) is 10.2 Å². The minimum atomic E-state index is -0.411. The monoisotopic (exact) mass is 338 g/mol. The van der Waals surface area contributed by atoms with Crippen LogP contribution in [0.1, 0.15) is 37.3 Å². The SMILES string of the molecule is CN1CCC[C@@]2(CC[C@H](c3cccc(-c4ccccc4F)c3)N2)C1=O. The van der Waals surface area contributed by atoms with E-state index in [1.165, 1.54) is 6.07 Å². The van der Waals surface area contributed by atoms with Crippen LogP contribution in [0.15, 0.2) is 48.5 Å². The first-order valence-electron chi connectivity index (χ1n) is 8.97. The van der Waals surface area contributed by atoms with Gasteiger partial charge < -0.3 is 4.90 Å². The molecule has 0 aliphatic carbocycles. The number of amides is 1. The second-order valence-corrected chi connectivity index (χ2v) is 7.25. The van der Waals surface area contributed by atoms with Gasteiger partial charge in [0, 0.05) is 25.2 Å². The second-order valence-electron chi connectivity index (χ2n) is 7.25. The molecule has 0 aromatic heterocycles. The number of benzene rings is 2. The minimum Gasteiger partial charge on any atom is -0.344 e. The van der Waals surface area contributed by atoms with Gasteiger partial charge in [0.25, 0.3) is 0 Å². The Kier molecular flexibility index (Phi) is 4.08. The van der Waals surface area contributed by atoms with E-state index in [1.54, 1.807) is 12.1 Å². The molecule has 4 heteroatoms. The molecule has 130 valence electrons. The number of piperidine rings is 1. The minimum absolute atomic E-state index is 0.141. The van der Waals surface area contributed by atoms with Gasteiger partial charge in [-0.1, -0.05) is 36.4 Å². The van der Waals surface area contributed by atoms with E-state index in [0.717, 1.165) is 43.4 Å². The molecule has 25 heavy (non-hydrogen) atoms. The summed E-state index contributed by atoms with van der Waals surface area (Å²) < 4.78 is 14.1. The van der Waals surface area contributed by atoms with Gasteiger partial charge in [-0.25, -0.2) is 4.39 Å². The van der Waals surface area contributed by atoms with Crippen LogP contribution in [0.2, 0.25) is 0 Å². The molecule has 2 saturated heterocycles. The third kappa shape index (κ3) is 2.85. The maximum absolute atomic E-state index is 14.1. The topological polar surface area (TPSA) is 32.3 Å². The van der Waals surface area contributed by atoms with Crippen molar-refractivity contribution in [3.63, 3.8) is 0 Å². The van der Waals surface area contributed by atoms with Gasteiger partial charge in [0.15, 0.2) is 0 Å². The second kappa shape index (κ2) is 6.26. The molecule has 2 aliphatic rings. The molecule has 4 rings (SSSR count). The highest BCUT2D eigenvalue weighted by atomic mass is 19.1. The fourth-order valence-corrected chi connectivity index (χ4v) is 4.29. The Balaban J connectivity index is 1.61. The summed E-state index contributed by atoms with van der Waals surface area (Å²) in [6.07, 6.45) is 3.74. The first-order valence-corrected chi connectivity index (χ1v) is 8.97. The van der Waals surface area contributed by atoms with Crippen molar-refractivity contribution in [3.8, 4) is 11.1 Å². The van der Waals surface area contributed by atoms with Crippen molar-refractivity contribution in [1.29, 1.82) is 0 Å². The van der Waals surface area contributed by atoms with Gasteiger partial charge in [0.2, 0.25) is 5.91 Å². The Labute approximate surface area is 147 Å². The van der Waals surface area contributed by atoms with Crippen LogP contribution >= 0.6 is 0 Å². The summed E-state index contributed by atoms with van der Waals surface area (Å²) in [5, 5.41) is 3.61. The largest absolute Gasteiger partial charge is 0.344 e. The number of nitrogens with zero attached hydrogens (tertiary/aromatic N) is 1. The van der Waals surface area contributed by atoms with Crippen LogP contribution < -0.4 is 5.32 Å². The predicted octanol–water partition coefficient (Wildman–Crippen LogP) is 3.91. The van der Waals surface area contributed by atoms with Crippen molar-refractivity contribution in [3.05, 3.63) is 59.9 Å². The molecule has 0 radical (unpaired) electrons. The molecule has 0 saturated carbocycles. The van der Waals surface area contributed by atoms with Gasteiger partial charge >= 0.3 is 0 Å². The number of rotatable bonds is 2. The first-order chi connectivity index (χ1) is 12.1. The molecule has 1 N–H and O–H groups in total. The molecule has 1 amide bonds. The van der Waals surface area contributed by atoms with Crippen LogP contribution in [0, 0.1) is 5.82 Å². The summed E-state index contributed by atoms with van der Waals surface area (Å²) in [7, 11) is 1.89. The number of likely N-dealkylation sites (N-methyl/N-ethyl adjacent to an activating group) is 1. The molecule has 0 unspecified atom stereocenters. The number of carbonyl (C=O) groups excluding carboxylic acids is 1. The fourth-order valence-electron chi connectivity index (χ4n) is 4.29. The summed E-state index contributed by atoms with van der Waals surface area (Å²) in [6.45, 7) is 0.843. The van der Waals surface area contributed by atoms with Gasteiger partial charge in [-0.05, 0) is 48.9 Å². The van der Waals surface area contributed by atoms with E-state index < -0.39 is 5.54 Å².